The smallest absolute Gasteiger partial charge is 0.185 e. The van der Waals surface area contributed by atoms with Crippen LogP contribution in [-0.2, 0) is 6.54 Å². The molecular formula is C8H10N2OS. The molecule has 1 heterocycles. The maximum atomic E-state index is 11.4. The van der Waals surface area contributed by atoms with Crippen molar-refractivity contribution >= 4 is 17.1 Å². The van der Waals surface area contributed by atoms with Crippen LogP contribution in [0.3, 0.4) is 0 Å². The minimum atomic E-state index is 0.200. The Labute approximate surface area is 74.6 Å². The molecular weight excluding hydrogens is 172 g/mol. The Balaban J connectivity index is 2.16. The van der Waals surface area contributed by atoms with Crippen LogP contribution in [0.1, 0.15) is 28.3 Å². The lowest BCUT2D eigenvalue weighted by molar-refractivity contribution is 0.0963. The van der Waals surface area contributed by atoms with Gasteiger partial charge in [-0.2, -0.15) is 0 Å². The minimum absolute atomic E-state index is 0.200. The van der Waals surface area contributed by atoms with E-state index in [2.05, 4.69) is 4.98 Å². The molecule has 2 rings (SSSR count). The first-order valence-corrected chi connectivity index (χ1v) is 4.88. The average Bonchev–Trinajstić information content (AvgIpc) is 2.82. The van der Waals surface area contributed by atoms with Gasteiger partial charge in [-0.05, 0) is 12.8 Å². The predicted octanol–water partition coefficient (Wildman–Crippen LogP) is 1.19. The first-order valence-electron chi connectivity index (χ1n) is 4.00. The van der Waals surface area contributed by atoms with E-state index in [1.807, 2.05) is 5.38 Å². The molecule has 0 spiro atoms. The summed E-state index contributed by atoms with van der Waals surface area (Å²) in [4.78, 5) is 15.6. The van der Waals surface area contributed by atoms with Gasteiger partial charge in [0.15, 0.2) is 5.78 Å². The van der Waals surface area contributed by atoms with Crippen LogP contribution in [0.25, 0.3) is 0 Å². The molecule has 3 nitrogen and oxygen atoms in total. The van der Waals surface area contributed by atoms with Gasteiger partial charge in [-0.25, -0.2) is 4.98 Å². The van der Waals surface area contributed by atoms with Crippen molar-refractivity contribution in [1.82, 2.24) is 4.98 Å². The van der Waals surface area contributed by atoms with Crippen LogP contribution in [0.5, 0.6) is 0 Å². The first kappa shape index (κ1) is 7.89. The van der Waals surface area contributed by atoms with E-state index in [0.717, 1.165) is 17.8 Å². The van der Waals surface area contributed by atoms with Crippen molar-refractivity contribution in [2.24, 2.45) is 11.7 Å². The van der Waals surface area contributed by atoms with Crippen molar-refractivity contribution in [1.29, 1.82) is 0 Å². The second-order valence-corrected chi connectivity index (χ2v) is 3.91. The van der Waals surface area contributed by atoms with Crippen LogP contribution in [-0.4, -0.2) is 10.8 Å². The summed E-state index contributed by atoms with van der Waals surface area (Å²) < 4.78 is 0. The van der Waals surface area contributed by atoms with Gasteiger partial charge in [0, 0.05) is 17.8 Å². The van der Waals surface area contributed by atoms with E-state index in [0.29, 0.717) is 12.2 Å². The molecule has 0 saturated heterocycles. The lowest BCUT2D eigenvalue weighted by Gasteiger charge is -1.89. The van der Waals surface area contributed by atoms with Gasteiger partial charge in [0.05, 0.1) is 0 Å². The highest BCUT2D eigenvalue weighted by Crippen LogP contribution is 2.32. The van der Waals surface area contributed by atoms with E-state index in [4.69, 9.17) is 5.73 Å². The molecule has 1 fully saturated rings. The highest BCUT2D eigenvalue weighted by atomic mass is 32.1. The van der Waals surface area contributed by atoms with Crippen molar-refractivity contribution in [2.45, 2.75) is 19.4 Å². The standard InChI is InChI=1S/C8H10N2OS/c9-3-7-10-6(4-12-7)8(11)5-1-2-5/h4-5H,1-3,9H2. The first-order chi connectivity index (χ1) is 5.81. The molecule has 1 aromatic rings. The molecule has 4 heteroatoms. The third kappa shape index (κ3) is 1.40. The molecule has 1 saturated carbocycles. The number of Topliss-reactive ketones (excluding diaryl/α,β-unsaturated/α-hetero) is 1. The zero-order valence-electron chi connectivity index (χ0n) is 6.62. The fourth-order valence-electron chi connectivity index (χ4n) is 1.07. The number of carbonyl (C=O) groups is 1. The molecule has 1 aliphatic rings. The lowest BCUT2D eigenvalue weighted by Crippen LogP contribution is -2.03. The summed E-state index contributed by atoms with van der Waals surface area (Å²) in [5.41, 5.74) is 6.01. The summed E-state index contributed by atoms with van der Waals surface area (Å²) in [7, 11) is 0. The SMILES string of the molecule is NCc1nc(C(=O)C2CC2)cs1. The van der Waals surface area contributed by atoms with Crippen molar-refractivity contribution in [3.05, 3.63) is 16.1 Å². The zero-order valence-corrected chi connectivity index (χ0v) is 7.43. The van der Waals surface area contributed by atoms with Crippen molar-refractivity contribution < 1.29 is 4.79 Å². The van der Waals surface area contributed by atoms with Gasteiger partial charge in [-0.3, -0.25) is 4.79 Å². The van der Waals surface area contributed by atoms with Gasteiger partial charge in [-0.1, -0.05) is 0 Å². The molecule has 2 N–H and O–H groups in total. The lowest BCUT2D eigenvalue weighted by atomic mass is 10.2. The van der Waals surface area contributed by atoms with Gasteiger partial charge in [0.25, 0.3) is 0 Å². The van der Waals surface area contributed by atoms with Gasteiger partial charge in [0.2, 0.25) is 0 Å². The molecule has 0 unspecified atom stereocenters. The summed E-state index contributed by atoms with van der Waals surface area (Å²) in [6.45, 7) is 0.433. The summed E-state index contributed by atoms with van der Waals surface area (Å²) in [5.74, 6) is 0.462. The monoisotopic (exact) mass is 182 g/mol. The largest absolute Gasteiger partial charge is 0.325 e. The van der Waals surface area contributed by atoms with Crippen molar-refractivity contribution in [3.8, 4) is 0 Å². The molecule has 1 aliphatic carbocycles. The van der Waals surface area contributed by atoms with E-state index in [-0.39, 0.29) is 11.7 Å². The number of thiazole rings is 1. The number of nitrogens with two attached hydrogens (primary N) is 1. The number of nitrogens with zero attached hydrogens (tertiary/aromatic N) is 1. The molecule has 12 heavy (non-hydrogen) atoms. The normalized spacial score (nSPS) is 16.4. The third-order valence-electron chi connectivity index (χ3n) is 1.93. The average molecular weight is 182 g/mol. The van der Waals surface area contributed by atoms with Crippen LogP contribution >= 0.6 is 11.3 Å². The summed E-state index contributed by atoms with van der Waals surface area (Å²) in [5, 5.41) is 2.65. The molecule has 0 aliphatic heterocycles. The van der Waals surface area contributed by atoms with Crippen LogP contribution in [0.2, 0.25) is 0 Å². The molecule has 0 amide bonds. The summed E-state index contributed by atoms with van der Waals surface area (Å²) >= 11 is 1.47. The van der Waals surface area contributed by atoms with Gasteiger partial charge < -0.3 is 5.73 Å². The van der Waals surface area contributed by atoms with Crippen LogP contribution in [0, 0.1) is 5.92 Å². The van der Waals surface area contributed by atoms with E-state index in [1.54, 1.807) is 0 Å². The number of hydrogen-bond acceptors (Lipinski definition) is 4. The number of hydrogen-bond donors (Lipinski definition) is 1. The van der Waals surface area contributed by atoms with Gasteiger partial charge >= 0.3 is 0 Å². The van der Waals surface area contributed by atoms with Crippen molar-refractivity contribution in [2.75, 3.05) is 0 Å². The maximum Gasteiger partial charge on any atom is 0.185 e. The Morgan fingerprint density at radius 2 is 2.50 bits per heavy atom. The van der Waals surface area contributed by atoms with E-state index >= 15 is 0 Å². The molecule has 0 radical (unpaired) electrons. The molecule has 0 bridgehead atoms. The highest BCUT2D eigenvalue weighted by molar-refractivity contribution is 7.09. The fourth-order valence-corrected chi connectivity index (χ4v) is 1.74. The Bertz CT molecular complexity index is 304. The molecule has 0 aromatic carbocycles. The zero-order chi connectivity index (χ0) is 8.55. The van der Waals surface area contributed by atoms with Gasteiger partial charge in [-0.15, -0.1) is 11.3 Å². The molecule has 1 aromatic heterocycles. The Morgan fingerprint density at radius 1 is 1.75 bits per heavy atom. The van der Waals surface area contributed by atoms with E-state index in [9.17, 15) is 4.79 Å². The summed E-state index contributed by atoms with van der Waals surface area (Å²) in [6.07, 6.45) is 2.07. The van der Waals surface area contributed by atoms with E-state index in [1.165, 1.54) is 11.3 Å². The second kappa shape index (κ2) is 2.95. The van der Waals surface area contributed by atoms with Crippen LogP contribution < -0.4 is 5.73 Å². The van der Waals surface area contributed by atoms with Gasteiger partial charge in [0.1, 0.15) is 10.7 Å². The Hall–Kier alpha value is -0.740. The van der Waals surface area contributed by atoms with E-state index < -0.39 is 0 Å². The summed E-state index contributed by atoms with van der Waals surface area (Å²) in [6, 6.07) is 0. The maximum absolute atomic E-state index is 11.4. The molecule has 64 valence electrons. The number of rotatable bonds is 3. The predicted molar refractivity (Wildman–Crippen MR) is 47.1 cm³/mol. The minimum Gasteiger partial charge on any atom is -0.325 e. The molecule has 0 atom stereocenters. The fraction of sp³-hybridized carbons (Fsp3) is 0.500. The van der Waals surface area contributed by atoms with Crippen LogP contribution in [0.15, 0.2) is 5.38 Å². The highest BCUT2D eigenvalue weighted by Gasteiger charge is 2.31. The topological polar surface area (TPSA) is 56.0 Å². The number of ketones is 1. The third-order valence-corrected chi connectivity index (χ3v) is 2.80. The van der Waals surface area contributed by atoms with Crippen molar-refractivity contribution in [3.63, 3.8) is 0 Å². The number of carbonyl (C=O) groups excluding carboxylic acids is 1. The Kier molecular flexibility index (Phi) is 1.94. The Morgan fingerprint density at radius 3 is 3.00 bits per heavy atom. The number of aromatic nitrogens is 1. The second-order valence-electron chi connectivity index (χ2n) is 2.97. The van der Waals surface area contributed by atoms with Crippen LogP contribution in [0.4, 0.5) is 0 Å². The quantitative estimate of drug-likeness (QED) is 0.714.